The molecule has 0 unspecified atom stereocenters. The summed E-state index contributed by atoms with van der Waals surface area (Å²) in [7, 11) is 0. The number of pyridine rings is 1. The number of aromatic nitrogens is 1. The number of hydrogen-bond acceptors (Lipinski definition) is 5. The van der Waals surface area contributed by atoms with Crippen LogP contribution in [-0.4, -0.2) is 23.5 Å². The normalized spacial score (nSPS) is 9.96. The van der Waals surface area contributed by atoms with Crippen molar-refractivity contribution in [1.82, 2.24) is 10.3 Å². The first-order chi connectivity index (χ1) is 11.0. The topological polar surface area (TPSA) is 106 Å². The van der Waals surface area contributed by atoms with Crippen LogP contribution in [-0.2, 0) is 16.1 Å². The standard InChI is InChI=1S/C15H15BrN4O3/c16-12-7-6-11(14(17)20-12)19-13(21)8-18-15(22)23-9-10-4-2-1-3-5-10/h1-7H,8-9H2,(H2,17,20)(H,18,22)(H,19,21). The lowest BCUT2D eigenvalue weighted by atomic mass is 10.2. The van der Waals surface area contributed by atoms with E-state index in [4.69, 9.17) is 10.5 Å². The molecule has 0 aliphatic rings. The average Bonchev–Trinajstić information content (AvgIpc) is 2.54. The lowest BCUT2D eigenvalue weighted by molar-refractivity contribution is -0.115. The molecule has 0 bridgehead atoms. The van der Waals surface area contributed by atoms with Gasteiger partial charge in [0.1, 0.15) is 23.6 Å². The second-order valence-electron chi connectivity index (χ2n) is 4.53. The van der Waals surface area contributed by atoms with E-state index >= 15 is 0 Å². The van der Waals surface area contributed by atoms with Gasteiger partial charge in [0.25, 0.3) is 0 Å². The van der Waals surface area contributed by atoms with Gasteiger partial charge in [0.2, 0.25) is 5.91 Å². The molecule has 1 aromatic heterocycles. The van der Waals surface area contributed by atoms with Gasteiger partial charge in [-0.3, -0.25) is 4.79 Å². The molecule has 0 aliphatic heterocycles. The van der Waals surface area contributed by atoms with Gasteiger partial charge in [-0.05, 0) is 33.6 Å². The summed E-state index contributed by atoms with van der Waals surface area (Å²) in [5.41, 5.74) is 6.90. The number of carbonyl (C=O) groups excluding carboxylic acids is 2. The molecular formula is C15H15BrN4O3. The third-order valence-electron chi connectivity index (χ3n) is 2.77. The molecule has 2 rings (SSSR count). The highest BCUT2D eigenvalue weighted by atomic mass is 79.9. The number of anilines is 2. The van der Waals surface area contributed by atoms with Crippen molar-refractivity contribution in [2.75, 3.05) is 17.6 Å². The molecule has 23 heavy (non-hydrogen) atoms. The van der Waals surface area contributed by atoms with Gasteiger partial charge in [-0.1, -0.05) is 30.3 Å². The molecule has 1 aromatic carbocycles. The molecule has 0 radical (unpaired) electrons. The highest BCUT2D eigenvalue weighted by Gasteiger charge is 2.09. The van der Waals surface area contributed by atoms with E-state index < -0.39 is 12.0 Å². The molecule has 0 saturated carbocycles. The molecule has 2 amide bonds. The zero-order chi connectivity index (χ0) is 16.7. The molecule has 4 N–H and O–H groups in total. The fourth-order valence-corrected chi connectivity index (χ4v) is 2.00. The summed E-state index contributed by atoms with van der Waals surface area (Å²) in [6, 6.07) is 12.5. The average molecular weight is 379 g/mol. The number of ether oxygens (including phenoxy) is 1. The summed E-state index contributed by atoms with van der Waals surface area (Å²) >= 11 is 3.17. The Morgan fingerprint density at radius 1 is 1.17 bits per heavy atom. The number of benzene rings is 1. The molecule has 1 heterocycles. The molecule has 0 spiro atoms. The fraction of sp³-hybridized carbons (Fsp3) is 0.133. The Morgan fingerprint density at radius 3 is 2.61 bits per heavy atom. The first kappa shape index (κ1) is 16.8. The molecule has 8 heteroatoms. The number of nitrogens with zero attached hydrogens (tertiary/aromatic N) is 1. The van der Waals surface area contributed by atoms with Crippen LogP contribution in [0, 0.1) is 0 Å². The van der Waals surface area contributed by atoms with Crippen molar-refractivity contribution < 1.29 is 14.3 Å². The first-order valence-corrected chi connectivity index (χ1v) is 7.50. The maximum absolute atomic E-state index is 11.8. The second kappa shape index (κ2) is 8.14. The minimum Gasteiger partial charge on any atom is -0.445 e. The van der Waals surface area contributed by atoms with E-state index in [1.807, 2.05) is 30.3 Å². The minimum atomic E-state index is -0.675. The summed E-state index contributed by atoms with van der Waals surface area (Å²) in [5, 5.41) is 4.91. The third-order valence-corrected chi connectivity index (χ3v) is 3.21. The minimum absolute atomic E-state index is 0.137. The molecule has 7 nitrogen and oxygen atoms in total. The van der Waals surface area contributed by atoms with Gasteiger partial charge in [-0.25, -0.2) is 9.78 Å². The smallest absolute Gasteiger partial charge is 0.407 e. The van der Waals surface area contributed by atoms with E-state index in [2.05, 4.69) is 31.5 Å². The number of alkyl carbamates (subject to hydrolysis) is 1. The van der Waals surface area contributed by atoms with Gasteiger partial charge >= 0.3 is 6.09 Å². The summed E-state index contributed by atoms with van der Waals surface area (Å²) in [4.78, 5) is 27.2. The Bertz CT molecular complexity index is 694. The molecule has 0 fully saturated rings. The number of rotatable bonds is 5. The van der Waals surface area contributed by atoms with Gasteiger partial charge < -0.3 is 21.1 Å². The van der Waals surface area contributed by atoms with Crippen LogP contribution in [0.15, 0.2) is 47.1 Å². The van der Waals surface area contributed by atoms with E-state index in [0.29, 0.717) is 10.3 Å². The number of nitrogen functional groups attached to an aromatic ring is 1. The maximum Gasteiger partial charge on any atom is 0.407 e. The van der Waals surface area contributed by atoms with Crippen LogP contribution in [0.2, 0.25) is 0 Å². The first-order valence-electron chi connectivity index (χ1n) is 6.71. The third kappa shape index (κ3) is 5.59. The number of carbonyl (C=O) groups is 2. The summed E-state index contributed by atoms with van der Waals surface area (Å²) in [6.45, 7) is -0.0962. The summed E-state index contributed by atoms with van der Waals surface area (Å²) in [5.74, 6) is -0.253. The van der Waals surface area contributed by atoms with Crippen molar-refractivity contribution in [2.45, 2.75) is 6.61 Å². The highest BCUT2D eigenvalue weighted by Crippen LogP contribution is 2.18. The van der Waals surface area contributed by atoms with Crippen LogP contribution < -0.4 is 16.4 Å². The van der Waals surface area contributed by atoms with E-state index in [-0.39, 0.29) is 19.0 Å². The Morgan fingerprint density at radius 2 is 1.91 bits per heavy atom. The van der Waals surface area contributed by atoms with E-state index in [0.717, 1.165) is 5.56 Å². The molecule has 0 saturated heterocycles. The number of nitrogens with one attached hydrogen (secondary N) is 2. The lowest BCUT2D eigenvalue weighted by Crippen LogP contribution is -2.33. The maximum atomic E-state index is 11.8. The zero-order valence-corrected chi connectivity index (χ0v) is 13.7. The SMILES string of the molecule is Nc1nc(Br)ccc1NC(=O)CNC(=O)OCc1ccccc1. The van der Waals surface area contributed by atoms with Crippen LogP contribution >= 0.6 is 15.9 Å². The van der Waals surface area contributed by atoms with Crippen LogP contribution in [0.1, 0.15) is 5.56 Å². The van der Waals surface area contributed by atoms with E-state index in [9.17, 15) is 9.59 Å². The molecule has 120 valence electrons. The van der Waals surface area contributed by atoms with E-state index in [1.165, 1.54) is 0 Å². The van der Waals surface area contributed by atoms with Crippen molar-refractivity contribution in [3.8, 4) is 0 Å². The van der Waals surface area contributed by atoms with Crippen LogP contribution in [0.3, 0.4) is 0 Å². The number of amides is 2. The van der Waals surface area contributed by atoms with Crippen molar-refractivity contribution >= 4 is 39.4 Å². The van der Waals surface area contributed by atoms with Gasteiger partial charge in [-0.15, -0.1) is 0 Å². The van der Waals surface area contributed by atoms with E-state index in [1.54, 1.807) is 12.1 Å². The zero-order valence-electron chi connectivity index (χ0n) is 12.1. The Labute approximate surface area is 141 Å². The monoisotopic (exact) mass is 378 g/mol. The fourth-order valence-electron chi connectivity index (χ4n) is 1.68. The molecule has 0 aliphatic carbocycles. The van der Waals surface area contributed by atoms with Crippen molar-refractivity contribution in [1.29, 1.82) is 0 Å². The Hall–Kier alpha value is -2.61. The van der Waals surface area contributed by atoms with Crippen LogP contribution in [0.5, 0.6) is 0 Å². The van der Waals surface area contributed by atoms with Crippen molar-refractivity contribution in [3.05, 3.63) is 52.6 Å². The number of halogens is 1. The Kier molecular flexibility index (Phi) is 5.93. The predicted octanol–water partition coefficient (Wildman–Crippen LogP) is 2.29. The molecule has 2 aromatic rings. The number of nitrogens with two attached hydrogens (primary N) is 1. The Balaban J connectivity index is 1.74. The summed E-state index contributed by atoms with van der Waals surface area (Å²) < 4.78 is 5.56. The predicted molar refractivity (Wildman–Crippen MR) is 89.6 cm³/mol. The molecule has 0 atom stereocenters. The van der Waals surface area contributed by atoms with Gasteiger partial charge in [0.05, 0.1) is 5.69 Å². The van der Waals surface area contributed by atoms with Crippen molar-refractivity contribution in [3.63, 3.8) is 0 Å². The highest BCUT2D eigenvalue weighted by molar-refractivity contribution is 9.10. The quantitative estimate of drug-likeness (QED) is 0.692. The molecular weight excluding hydrogens is 364 g/mol. The number of hydrogen-bond donors (Lipinski definition) is 3. The van der Waals surface area contributed by atoms with Gasteiger partial charge in [-0.2, -0.15) is 0 Å². The summed E-state index contributed by atoms with van der Waals surface area (Å²) in [6.07, 6.45) is -0.675. The van der Waals surface area contributed by atoms with Gasteiger partial charge in [0.15, 0.2) is 0 Å². The lowest BCUT2D eigenvalue weighted by Gasteiger charge is -2.09. The largest absolute Gasteiger partial charge is 0.445 e. The van der Waals surface area contributed by atoms with Gasteiger partial charge in [0, 0.05) is 0 Å². The second-order valence-corrected chi connectivity index (χ2v) is 5.34. The van der Waals surface area contributed by atoms with Crippen LogP contribution in [0.4, 0.5) is 16.3 Å². The van der Waals surface area contributed by atoms with Crippen LogP contribution in [0.25, 0.3) is 0 Å². The van der Waals surface area contributed by atoms with Crippen molar-refractivity contribution in [2.24, 2.45) is 0 Å².